The number of hydrogen-bond donors (Lipinski definition) is 2. The van der Waals surface area contributed by atoms with E-state index in [0.29, 0.717) is 11.3 Å². The molecule has 4 aromatic carbocycles. The third kappa shape index (κ3) is 5.98. The van der Waals surface area contributed by atoms with E-state index < -0.39 is 16.1 Å². The van der Waals surface area contributed by atoms with Crippen LogP contribution in [0.2, 0.25) is 0 Å². The fourth-order valence-electron chi connectivity index (χ4n) is 3.66. The fraction of sp³-hybridized carbons (Fsp3) is 0.107. The first kappa shape index (κ1) is 23.4. The van der Waals surface area contributed by atoms with E-state index >= 15 is 0 Å². The number of anilines is 1. The summed E-state index contributed by atoms with van der Waals surface area (Å²) >= 11 is 0. The number of rotatable bonds is 8. The minimum absolute atomic E-state index is 0.0461. The fourth-order valence-corrected chi connectivity index (χ4v) is 4.88. The summed E-state index contributed by atoms with van der Waals surface area (Å²) in [6.07, 6.45) is -0.0461. The smallest absolute Gasteiger partial charge is 0.241 e. The van der Waals surface area contributed by atoms with Crippen LogP contribution in [0.25, 0.3) is 11.1 Å². The second-order valence-electron chi connectivity index (χ2n) is 8.09. The first-order valence-electron chi connectivity index (χ1n) is 11.0. The largest absolute Gasteiger partial charge is 0.326 e. The molecule has 0 heterocycles. The van der Waals surface area contributed by atoms with Gasteiger partial charge in [-0.25, -0.2) is 13.1 Å². The van der Waals surface area contributed by atoms with Gasteiger partial charge in [-0.05, 0) is 47.9 Å². The average molecular weight is 471 g/mol. The molecule has 0 bridgehead atoms. The number of amides is 1. The van der Waals surface area contributed by atoms with Crippen molar-refractivity contribution in [1.82, 2.24) is 4.72 Å². The second kappa shape index (κ2) is 10.5. The van der Waals surface area contributed by atoms with Crippen molar-refractivity contribution in [3.05, 3.63) is 120 Å². The maximum absolute atomic E-state index is 13.0. The maximum Gasteiger partial charge on any atom is 0.241 e. The van der Waals surface area contributed by atoms with E-state index in [4.69, 9.17) is 0 Å². The van der Waals surface area contributed by atoms with Crippen LogP contribution in [-0.2, 0) is 14.8 Å². The van der Waals surface area contributed by atoms with E-state index in [0.717, 1.165) is 16.7 Å². The topological polar surface area (TPSA) is 75.3 Å². The molecule has 0 aliphatic rings. The lowest BCUT2D eigenvalue weighted by Crippen LogP contribution is -2.31. The Morgan fingerprint density at radius 1 is 0.735 bits per heavy atom. The summed E-state index contributed by atoms with van der Waals surface area (Å²) in [6, 6.07) is 32.6. The van der Waals surface area contributed by atoms with Gasteiger partial charge >= 0.3 is 0 Å². The summed E-state index contributed by atoms with van der Waals surface area (Å²) in [6.45, 7) is 1.90. The van der Waals surface area contributed by atoms with E-state index in [9.17, 15) is 13.2 Å². The van der Waals surface area contributed by atoms with Crippen LogP contribution >= 0.6 is 0 Å². The SMILES string of the molecule is Cc1ccc(S(=O)(=O)N[C@@H](CC(=O)Nc2ccc(-c3ccccc3)cc2)c2ccccc2)cc1. The van der Waals surface area contributed by atoms with Crippen molar-refractivity contribution in [3.63, 3.8) is 0 Å². The number of aryl methyl sites for hydroxylation is 1. The van der Waals surface area contributed by atoms with Crippen molar-refractivity contribution >= 4 is 21.6 Å². The highest BCUT2D eigenvalue weighted by Crippen LogP contribution is 2.24. The van der Waals surface area contributed by atoms with Gasteiger partial charge in [0.15, 0.2) is 0 Å². The van der Waals surface area contributed by atoms with Crippen LogP contribution in [0.3, 0.4) is 0 Å². The predicted octanol–water partition coefficient (Wildman–Crippen LogP) is 5.71. The molecule has 0 spiro atoms. The Labute approximate surface area is 200 Å². The summed E-state index contributed by atoms with van der Waals surface area (Å²) in [5.41, 5.74) is 4.48. The zero-order valence-corrected chi connectivity index (χ0v) is 19.6. The van der Waals surface area contributed by atoms with Gasteiger partial charge in [-0.2, -0.15) is 0 Å². The summed E-state index contributed by atoms with van der Waals surface area (Å²) in [4.78, 5) is 13.0. The first-order valence-corrected chi connectivity index (χ1v) is 12.5. The molecule has 0 fully saturated rings. The molecule has 0 radical (unpaired) electrons. The Bertz CT molecular complexity index is 1340. The second-order valence-corrected chi connectivity index (χ2v) is 9.81. The van der Waals surface area contributed by atoms with E-state index in [1.54, 1.807) is 24.3 Å². The minimum atomic E-state index is -3.81. The van der Waals surface area contributed by atoms with Crippen LogP contribution in [0.1, 0.15) is 23.6 Å². The van der Waals surface area contributed by atoms with E-state index in [2.05, 4.69) is 10.0 Å². The predicted molar refractivity (Wildman–Crippen MR) is 136 cm³/mol. The first-order chi connectivity index (χ1) is 16.4. The number of carbonyl (C=O) groups is 1. The summed E-state index contributed by atoms with van der Waals surface area (Å²) in [7, 11) is -3.81. The van der Waals surface area contributed by atoms with Gasteiger partial charge < -0.3 is 5.32 Å². The number of sulfonamides is 1. The Kier molecular flexibility index (Phi) is 7.21. The molecule has 1 atom stereocenters. The van der Waals surface area contributed by atoms with Gasteiger partial charge in [-0.15, -0.1) is 0 Å². The van der Waals surface area contributed by atoms with Gasteiger partial charge in [0.1, 0.15) is 0 Å². The van der Waals surface area contributed by atoms with Crippen LogP contribution < -0.4 is 10.0 Å². The molecular formula is C28H26N2O3S. The van der Waals surface area contributed by atoms with Crippen LogP contribution in [0.4, 0.5) is 5.69 Å². The monoisotopic (exact) mass is 470 g/mol. The molecule has 0 aliphatic heterocycles. The third-order valence-corrected chi connectivity index (χ3v) is 6.98. The minimum Gasteiger partial charge on any atom is -0.326 e. The highest BCUT2D eigenvalue weighted by Gasteiger charge is 2.24. The van der Waals surface area contributed by atoms with Crippen molar-refractivity contribution < 1.29 is 13.2 Å². The maximum atomic E-state index is 13.0. The van der Waals surface area contributed by atoms with Gasteiger partial charge in [0, 0.05) is 12.1 Å². The Hall–Kier alpha value is -3.74. The molecule has 5 nitrogen and oxygen atoms in total. The lowest BCUT2D eigenvalue weighted by molar-refractivity contribution is -0.116. The highest BCUT2D eigenvalue weighted by molar-refractivity contribution is 7.89. The van der Waals surface area contributed by atoms with Crippen LogP contribution in [-0.4, -0.2) is 14.3 Å². The standard InChI is InChI=1S/C28H26N2O3S/c1-21-12-18-26(19-13-21)34(32,33)30-27(24-10-6-3-7-11-24)20-28(31)29-25-16-14-23(15-17-25)22-8-4-2-5-9-22/h2-19,27,30H,20H2,1H3,(H,29,31)/t27-/m0/s1. The van der Waals surface area contributed by atoms with Crippen molar-refractivity contribution in [2.24, 2.45) is 0 Å². The van der Waals surface area contributed by atoms with Crippen LogP contribution in [0.5, 0.6) is 0 Å². The molecule has 172 valence electrons. The molecule has 0 unspecified atom stereocenters. The van der Waals surface area contributed by atoms with Gasteiger partial charge in [0.25, 0.3) is 0 Å². The normalized spacial score (nSPS) is 12.1. The Morgan fingerprint density at radius 2 is 1.29 bits per heavy atom. The Morgan fingerprint density at radius 3 is 1.91 bits per heavy atom. The van der Waals surface area contributed by atoms with E-state index in [-0.39, 0.29) is 17.2 Å². The number of nitrogens with one attached hydrogen (secondary N) is 2. The number of hydrogen-bond acceptors (Lipinski definition) is 3. The molecule has 4 aromatic rings. The Balaban J connectivity index is 1.49. The zero-order valence-electron chi connectivity index (χ0n) is 18.8. The highest BCUT2D eigenvalue weighted by atomic mass is 32.2. The number of benzene rings is 4. The lowest BCUT2D eigenvalue weighted by atomic mass is 10.0. The molecule has 2 N–H and O–H groups in total. The summed E-state index contributed by atoms with van der Waals surface area (Å²) in [5, 5.41) is 2.88. The van der Waals surface area contributed by atoms with Crippen LogP contribution in [0, 0.1) is 6.92 Å². The molecule has 1 amide bonds. The molecule has 34 heavy (non-hydrogen) atoms. The molecular weight excluding hydrogens is 444 g/mol. The molecule has 6 heteroatoms. The van der Waals surface area contributed by atoms with Crippen molar-refractivity contribution in [2.45, 2.75) is 24.3 Å². The molecule has 0 saturated heterocycles. The quantitative estimate of drug-likeness (QED) is 0.346. The molecule has 0 saturated carbocycles. The van der Waals surface area contributed by atoms with E-state index in [1.807, 2.05) is 91.9 Å². The van der Waals surface area contributed by atoms with Crippen molar-refractivity contribution in [2.75, 3.05) is 5.32 Å². The van der Waals surface area contributed by atoms with Gasteiger partial charge in [-0.3, -0.25) is 4.79 Å². The van der Waals surface area contributed by atoms with Gasteiger partial charge in [0.05, 0.1) is 10.9 Å². The molecule has 0 aliphatic carbocycles. The summed E-state index contributed by atoms with van der Waals surface area (Å²) < 4.78 is 28.7. The molecule has 0 aromatic heterocycles. The van der Waals surface area contributed by atoms with Gasteiger partial charge in [-0.1, -0.05) is 90.5 Å². The number of carbonyl (C=O) groups excluding carboxylic acids is 1. The third-order valence-electron chi connectivity index (χ3n) is 5.50. The summed E-state index contributed by atoms with van der Waals surface area (Å²) in [5.74, 6) is -0.284. The lowest BCUT2D eigenvalue weighted by Gasteiger charge is -2.19. The zero-order chi connectivity index (χ0) is 24.0. The van der Waals surface area contributed by atoms with Gasteiger partial charge in [0.2, 0.25) is 15.9 Å². The molecule has 4 rings (SSSR count). The van der Waals surface area contributed by atoms with Crippen molar-refractivity contribution in [3.8, 4) is 11.1 Å². The van der Waals surface area contributed by atoms with E-state index in [1.165, 1.54) is 0 Å². The van der Waals surface area contributed by atoms with Crippen molar-refractivity contribution in [1.29, 1.82) is 0 Å². The van der Waals surface area contributed by atoms with Crippen LogP contribution in [0.15, 0.2) is 114 Å². The average Bonchev–Trinajstić information content (AvgIpc) is 2.85.